The highest BCUT2D eigenvalue weighted by molar-refractivity contribution is 6.42. The quantitative estimate of drug-likeness (QED) is 0.429. The molecule has 2 aliphatic heterocycles. The average molecular weight is 555 g/mol. The van der Waals surface area contributed by atoms with Gasteiger partial charge in [0.15, 0.2) is 0 Å². The third-order valence-electron chi connectivity index (χ3n) is 6.46. The highest BCUT2D eigenvalue weighted by atomic mass is 35.5. The SMILES string of the molecule is O=C1NC[C@H](c2ccc(Cl)c(Cl)c2)C2(CCN(C(=O)c3cc(C(F)(F)F)cc(C(F)(F)F)c3)CC2)O1. The summed E-state index contributed by atoms with van der Waals surface area (Å²) >= 11 is 12.1. The Hall–Kier alpha value is -2.66. The molecule has 0 bridgehead atoms. The van der Waals surface area contributed by atoms with Gasteiger partial charge in [0, 0.05) is 44.0 Å². The summed E-state index contributed by atoms with van der Waals surface area (Å²) in [6.07, 6.45) is -10.6. The molecular formula is C23H18Cl2F6N2O3. The topological polar surface area (TPSA) is 58.6 Å². The molecule has 2 heterocycles. The summed E-state index contributed by atoms with van der Waals surface area (Å²) in [6, 6.07) is 5.73. The van der Waals surface area contributed by atoms with Gasteiger partial charge in [0.25, 0.3) is 5.91 Å². The van der Waals surface area contributed by atoms with Gasteiger partial charge in [0.1, 0.15) is 5.60 Å². The summed E-state index contributed by atoms with van der Waals surface area (Å²) in [4.78, 5) is 26.2. The lowest BCUT2D eigenvalue weighted by atomic mass is 9.74. The van der Waals surface area contributed by atoms with Crippen molar-refractivity contribution in [3.63, 3.8) is 0 Å². The van der Waals surface area contributed by atoms with E-state index < -0.39 is 46.6 Å². The molecule has 2 aromatic rings. The first-order chi connectivity index (χ1) is 16.7. The molecule has 1 spiro atoms. The number of amides is 2. The smallest absolute Gasteiger partial charge is 0.416 e. The Kier molecular flexibility index (Phi) is 6.85. The number of carbonyl (C=O) groups excluding carboxylic acids is 2. The van der Waals surface area contributed by atoms with Crippen molar-refractivity contribution in [2.45, 2.75) is 36.7 Å². The van der Waals surface area contributed by atoms with Crippen molar-refractivity contribution in [2.75, 3.05) is 19.6 Å². The summed E-state index contributed by atoms with van der Waals surface area (Å²) < 4.78 is 84.9. The Morgan fingerprint density at radius 3 is 2.06 bits per heavy atom. The van der Waals surface area contributed by atoms with Crippen LogP contribution in [0.1, 0.15) is 45.8 Å². The number of nitrogens with zero attached hydrogens (tertiary/aromatic N) is 1. The zero-order valence-corrected chi connectivity index (χ0v) is 19.8. The standard InChI is InChI=1S/C23H18Cl2F6N2O3/c24-17-2-1-12(9-18(17)25)16-11-32-20(35)36-21(16)3-5-33(6-4-21)19(34)13-7-14(22(26,27)28)10-15(8-13)23(29,30)31/h1-2,7-10,16H,3-6,11H2,(H,32,35)/t16-/m1/s1. The predicted molar refractivity (Wildman–Crippen MR) is 118 cm³/mol. The van der Waals surface area contributed by atoms with Crippen molar-refractivity contribution in [1.82, 2.24) is 10.2 Å². The number of nitrogens with one attached hydrogen (secondary N) is 1. The normalized spacial score (nSPS) is 20.2. The summed E-state index contributed by atoms with van der Waals surface area (Å²) in [5, 5.41) is 3.23. The number of alkyl halides is 6. The van der Waals surface area contributed by atoms with E-state index in [1.54, 1.807) is 18.2 Å². The molecule has 36 heavy (non-hydrogen) atoms. The molecule has 0 radical (unpaired) electrons. The highest BCUT2D eigenvalue weighted by Gasteiger charge is 2.49. The summed E-state index contributed by atoms with van der Waals surface area (Å²) in [7, 11) is 0. The average Bonchev–Trinajstić information content (AvgIpc) is 2.80. The monoisotopic (exact) mass is 554 g/mol. The predicted octanol–water partition coefficient (Wildman–Crippen LogP) is 6.53. The van der Waals surface area contributed by atoms with Crippen molar-refractivity contribution in [1.29, 1.82) is 0 Å². The summed E-state index contributed by atoms with van der Waals surface area (Å²) in [6.45, 7) is 0.0936. The van der Waals surface area contributed by atoms with Crippen LogP contribution < -0.4 is 5.32 Å². The minimum absolute atomic E-state index is 0.0295. The molecule has 1 atom stereocenters. The Labute approximate surface area is 211 Å². The van der Waals surface area contributed by atoms with Gasteiger partial charge < -0.3 is 15.0 Å². The van der Waals surface area contributed by atoms with Crippen LogP contribution in [0.4, 0.5) is 31.1 Å². The van der Waals surface area contributed by atoms with Crippen LogP contribution in [0.5, 0.6) is 0 Å². The van der Waals surface area contributed by atoms with Crippen LogP contribution in [0.15, 0.2) is 36.4 Å². The van der Waals surface area contributed by atoms with Crippen LogP contribution in [-0.4, -0.2) is 42.1 Å². The lowest BCUT2D eigenvalue weighted by molar-refractivity contribution is -0.143. The van der Waals surface area contributed by atoms with E-state index in [-0.39, 0.29) is 44.5 Å². The van der Waals surface area contributed by atoms with Crippen molar-refractivity contribution in [3.05, 3.63) is 68.7 Å². The number of carbonyl (C=O) groups is 2. The summed E-state index contributed by atoms with van der Waals surface area (Å²) in [5.41, 5.74) is -4.20. The molecule has 2 aliphatic rings. The number of likely N-dealkylation sites (tertiary alicyclic amines) is 1. The van der Waals surface area contributed by atoms with Gasteiger partial charge in [-0.15, -0.1) is 0 Å². The van der Waals surface area contributed by atoms with Crippen molar-refractivity contribution < 1.29 is 40.7 Å². The molecule has 4 rings (SSSR count). The second-order valence-electron chi connectivity index (χ2n) is 8.65. The molecule has 0 aromatic heterocycles. The molecule has 2 aromatic carbocycles. The van der Waals surface area contributed by atoms with E-state index in [1.165, 1.54) is 0 Å². The molecule has 13 heteroatoms. The number of alkyl carbamates (subject to hydrolysis) is 1. The second kappa shape index (κ2) is 9.33. The highest BCUT2D eigenvalue weighted by Crippen LogP contribution is 2.43. The fraction of sp³-hybridized carbons (Fsp3) is 0.391. The Morgan fingerprint density at radius 1 is 0.944 bits per heavy atom. The Balaban J connectivity index is 1.59. The van der Waals surface area contributed by atoms with E-state index in [1.807, 2.05) is 0 Å². The fourth-order valence-corrected chi connectivity index (χ4v) is 4.92. The van der Waals surface area contributed by atoms with E-state index in [4.69, 9.17) is 27.9 Å². The van der Waals surface area contributed by atoms with Gasteiger partial charge in [-0.1, -0.05) is 29.3 Å². The molecule has 2 fully saturated rings. The van der Waals surface area contributed by atoms with Crippen LogP contribution in [0.3, 0.4) is 0 Å². The van der Waals surface area contributed by atoms with E-state index in [0.29, 0.717) is 22.2 Å². The Morgan fingerprint density at radius 2 is 1.53 bits per heavy atom. The van der Waals surface area contributed by atoms with Crippen LogP contribution in [0, 0.1) is 0 Å². The van der Waals surface area contributed by atoms with E-state index in [9.17, 15) is 35.9 Å². The lowest BCUT2D eigenvalue weighted by Gasteiger charge is -2.48. The second-order valence-corrected chi connectivity index (χ2v) is 9.46. The van der Waals surface area contributed by atoms with E-state index >= 15 is 0 Å². The molecule has 0 saturated carbocycles. The van der Waals surface area contributed by atoms with Crippen LogP contribution >= 0.6 is 23.2 Å². The maximum atomic E-state index is 13.2. The van der Waals surface area contributed by atoms with Gasteiger partial charge in [-0.05, 0) is 35.9 Å². The number of rotatable bonds is 2. The zero-order valence-electron chi connectivity index (χ0n) is 18.3. The molecule has 2 amide bonds. The van der Waals surface area contributed by atoms with Crippen LogP contribution in [-0.2, 0) is 17.1 Å². The van der Waals surface area contributed by atoms with E-state index in [2.05, 4.69) is 5.32 Å². The van der Waals surface area contributed by atoms with Crippen molar-refractivity contribution in [3.8, 4) is 0 Å². The van der Waals surface area contributed by atoms with E-state index in [0.717, 1.165) is 10.5 Å². The third-order valence-corrected chi connectivity index (χ3v) is 7.20. The van der Waals surface area contributed by atoms with Gasteiger partial charge >= 0.3 is 18.4 Å². The first-order valence-electron chi connectivity index (χ1n) is 10.7. The number of benzene rings is 2. The molecule has 2 saturated heterocycles. The zero-order chi connectivity index (χ0) is 26.5. The first-order valence-corrected chi connectivity index (χ1v) is 11.5. The first kappa shape index (κ1) is 26.4. The number of hydrogen-bond acceptors (Lipinski definition) is 3. The number of ether oxygens (including phenoxy) is 1. The maximum Gasteiger partial charge on any atom is 0.416 e. The van der Waals surface area contributed by atoms with Crippen molar-refractivity contribution >= 4 is 35.2 Å². The molecule has 194 valence electrons. The van der Waals surface area contributed by atoms with Gasteiger partial charge in [0.2, 0.25) is 0 Å². The molecular weight excluding hydrogens is 537 g/mol. The van der Waals surface area contributed by atoms with Crippen molar-refractivity contribution in [2.24, 2.45) is 0 Å². The molecule has 1 N–H and O–H groups in total. The third kappa shape index (κ3) is 5.22. The van der Waals surface area contributed by atoms with Gasteiger partial charge in [-0.25, -0.2) is 4.79 Å². The molecule has 0 aliphatic carbocycles. The fourth-order valence-electron chi connectivity index (χ4n) is 4.61. The largest absolute Gasteiger partial charge is 0.442 e. The summed E-state index contributed by atoms with van der Waals surface area (Å²) in [5.74, 6) is -1.36. The number of piperidine rings is 1. The molecule has 5 nitrogen and oxygen atoms in total. The Bertz CT molecular complexity index is 1160. The van der Waals surface area contributed by atoms with Crippen LogP contribution in [0.2, 0.25) is 10.0 Å². The number of halogens is 8. The number of hydrogen-bond donors (Lipinski definition) is 1. The lowest BCUT2D eigenvalue weighted by Crippen LogP contribution is -2.58. The van der Waals surface area contributed by atoms with Gasteiger partial charge in [-0.3, -0.25) is 4.79 Å². The van der Waals surface area contributed by atoms with Gasteiger partial charge in [0.05, 0.1) is 21.2 Å². The van der Waals surface area contributed by atoms with Crippen LogP contribution in [0.25, 0.3) is 0 Å². The molecule has 0 unspecified atom stereocenters. The minimum Gasteiger partial charge on any atom is -0.442 e. The minimum atomic E-state index is -5.07. The maximum absolute atomic E-state index is 13.2. The van der Waals surface area contributed by atoms with Gasteiger partial charge in [-0.2, -0.15) is 26.3 Å².